The van der Waals surface area contributed by atoms with Gasteiger partial charge in [-0.2, -0.15) is 0 Å². The standard InChI is InChI=1S/C13H11BrClNOS/c14-10-1-4-12(5-2-10)17-7-8-18-13-6-3-11(15)9-16-13/h1-6,9H,7-8H2. The molecule has 0 radical (unpaired) electrons. The molecule has 2 rings (SSSR count). The predicted octanol–water partition coefficient (Wildman–Crippen LogP) is 4.67. The van der Waals surface area contributed by atoms with E-state index < -0.39 is 0 Å². The zero-order valence-corrected chi connectivity index (χ0v) is 12.6. The van der Waals surface area contributed by atoms with Gasteiger partial charge in [0.15, 0.2) is 0 Å². The number of ether oxygens (including phenoxy) is 1. The summed E-state index contributed by atoms with van der Waals surface area (Å²) in [5, 5.41) is 1.62. The highest BCUT2D eigenvalue weighted by Crippen LogP contribution is 2.19. The van der Waals surface area contributed by atoms with Crippen LogP contribution in [-0.4, -0.2) is 17.3 Å². The summed E-state index contributed by atoms with van der Waals surface area (Å²) in [7, 11) is 0. The van der Waals surface area contributed by atoms with E-state index in [1.54, 1.807) is 18.0 Å². The van der Waals surface area contributed by atoms with Crippen molar-refractivity contribution in [2.75, 3.05) is 12.4 Å². The molecule has 2 nitrogen and oxygen atoms in total. The number of pyridine rings is 1. The molecule has 0 saturated heterocycles. The molecule has 0 amide bonds. The molecule has 0 spiro atoms. The lowest BCUT2D eigenvalue weighted by molar-refractivity contribution is 0.344. The molecule has 1 heterocycles. The molecule has 5 heteroatoms. The van der Waals surface area contributed by atoms with E-state index in [4.69, 9.17) is 16.3 Å². The molecule has 0 aliphatic carbocycles. The number of halogens is 2. The maximum Gasteiger partial charge on any atom is 0.119 e. The Morgan fingerprint density at radius 3 is 2.61 bits per heavy atom. The Bertz CT molecular complexity index is 442. The fourth-order valence-corrected chi connectivity index (χ4v) is 2.33. The van der Waals surface area contributed by atoms with E-state index in [0.29, 0.717) is 11.6 Å². The molecule has 0 fully saturated rings. The monoisotopic (exact) mass is 343 g/mol. The van der Waals surface area contributed by atoms with Crippen molar-refractivity contribution < 1.29 is 4.74 Å². The van der Waals surface area contributed by atoms with Crippen molar-refractivity contribution in [3.63, 3.8) is 0 Å². The topological polar surface area (TPSA) is 22.1 Å². The van der Waals surface area contributed by atoms with Gasteiger partial charge in [0.25, 0.3) is 0 Å². The normalized spacial score (nSPS) is 10.3. The summed E-state index contributed by atoms with van der Waals surface area (Å²) in [5.41, 5.74) is 0. The van der Waals surface area contributed by atoms with Gasteiger partial charge in [-0.25, -0.2) is 4.98 Å². The first kappa shape index (κ1) is 13.7. The van der Waals surface area contributed by atoms with E-state index >= 15 is 0 Å². The van der Waals surface area contributed by atoms with E-state index in [1.807, 2.05) is 36.4 Å². The number of hydrogen-bond donors (Lipinski definition) is 0. The van der Waals surface area contributed by atoms with Crippen LogP contribution in [0.1, 0.15) is 0 Å². The second-order valence-electron chi connectivity index (χ2n) is 3.47. The number of rotatable bonds is 5. The van der Waals surface area contributed by atoms with Crippen molar-refractivity contribution in [2.45, 2.75) is 5.03 Å². The molecule has 0 aliphatic rings. The molecular formula is C13H11BrClNOS. The van der Waals surface area contributed by atoms with Crippen molar-refractivity contribution in [1.82, 2.24) is 4.98 Å². The first-order valence-electron chi connectivity index (χ1n) is 5.37. The molecule has 0 saturated carbocycles. The third-order valence-corrected chi connectivity index (χ3v) is 3.78. The number of benzene rings is 1. The lowest BCUT2D eigenvalue weighted by Gasteiger charge is -2.05. The van der Waals surface area contributed by atoms with Crippen LogP contribution in [0, 0.1) is 0 Å². The highest BCUT2D eigenvalue weighted by molar-refractivity contribution is 9.10. The molecule has 0 unspecified atom stereocenters. The summed E-state index contributed by atoms with van der Waals surface area (Å²) in [6.45, 7) is 0.649. The van der Waals surface area contributed by atoms with Crippen molar-refractivity contribution in [2.24, 2.45) is 0 Å². The largest absolute Gasteiger partial charge is 0.493 e. The molecule has 1 aromatic heterocycles. The smallest absolute Gasteiger partial charge is 0.119 e. The average molecular weight is 345 g/mol. The van der Waals surface area contributed by atoms with E-state index in [-0.39, 0.29) is 0 Å². The van der Waals surface area contributed by atoms with Crippen LogP contribution >= 0.6 is 39.3 Å². The zero-order valence-electron chi connectivity index (χ0n) is 9.48. The van der Waals surface area contributed by atoms with Gasteiger partial charge in [-0.1, -0.05) is 27.5 Å². The first-order valence-corrected chi connectivity index (χ1v) is 7.52. The highest BCUT2D eigenvalue weighted by Gasteiger charge is 1.97. The summed E-state index contributed by atoms with van der Waals surface area (Å²) in [5.74, 6) is 1.73. The second kappa shape index (κ2) is 7.02. The molecule has 18 heavy (non-hydrogen) atoms. The molecular weight excluding hydrogens is 334 g/mol. The summed E-state index contributed by atoms with van der Waals surface area (Å²) in [6, 6.07) is 11.6. The number of thioether (sulfide) groups is 1. The van der Waals surface area contributed by atoms with E-state index in [2.05, 4.69) is 20.9 Å². The number of hydrogen-bond acceptors (Lipinski definition) is 3. The SMILES string of the molecule is Clc1ccc(SCCOc2ccc(Br)cc2)nc1. The number of aromatic nitrogens is 1. The maximum atomic E-state index is 5.77. The van der Waals surface area contributed by atoms with Gasteiger partial charge in [0, 0.05) is 16.4 Å². The number of nitrogens with zero attached hydrogens (tertiary/aromatic N) is 1. The van der Waals surface area contributed by atoms with Gasteiger partial charge in [-0.3, -0.25) is 0 Å². The molecule has 0 N–H and O–H groups in total. The first-order chi connectivity index (χ1) is 8.74. The minimum absolute atomic E-state index is 0.649. The Labute approximate surface area is 124 Å². The van der Waals surface area contributed by atoms with Crippen molar-refractivity contribution in [3.05, 3.63) is 52.1 Å². The van der Waals surface area contributed by atoms with E-state index in [9.17, 15) is 0 Å². The maximum absolute atomic E-state index is 5.77. The minimum atomic E-state index is 0.649. The highest BCUT2D eigenvalue weighted by atomic mass is 79.9. The molecule has 1 aromatic carbocycles. The van der Waals surface area contributed by atoms with Crippen molar-refractivity contribution in [1.29, 1.82) is 0 Å². The average Bonchev–Trinajstić information content (AvgIpc) is 2.39. The van der Waals surface area contributed by atoms with Gasteiger partial charge in [0.1, 0.15) is 5.75 Å². The summed E-state index contributed by atoms with van der Waals surface area (Å²) in [4.78, 5) is 4.20. The van der Waals surface area contributed by atoms with Crippen LogP contribution in [-0.2, 0) is 0 Å². The third-order valence-electron chi connectivity index (χ3n) is 2.12. The van der Waals surface area contributed by atoms with Gasteiger partial charge in [-0.05, 0) is 36.4 Å². The summed E-state index contributed by atoms with van der Waals surface area (Å²) >= 11 is 10.8. The van der Waals surface area contributed by atoms with Crippen LogP contribution in [0.5, 0.6) is 5.75 Å². The molecule has 0 atom stereocenters. The Balaban J connectivity index is 1.73. The van der Waals surface area contributed by atoms with Gasteiger partial charge >= 0.3 is 0 Å². The Kier molecular flexibility index (Phi) is 5.35. The van der Waals surface area contributed by atoms with Gasteiger partial charge in [0.2, 0.25) is 0 Å². The van der Waals surface area contributed by atoms with E-state index in [1.165, 1.54) is 0 Å². The lowest BCUT2D eigenvalue weighted by Crippen LogP contribution is -2.00. The molecule has 0 bridgehead atoms. The molecule has 0 aliphatic heterocycles. The predicted molar refractivity (Wildman–Crippen MR) is 79.6 cm³/mol. The fourth-order valence-electron chi connectivity index (χ4n) is 1.28. The van der Waals surface area contributed by atoms with Crippen LogP contribution in [0.2, 0.25) is 5.02 Å². The van der Waals surface area contributed by atoms with Gasteiger partial charge < -0.3 is 4.74 Å². The van der Waals surface area contributed by atoms with Crippen LogP contribution in [0.4, 0.5) is 0 Å². The fraction of sp³-hybridized carbons (Fsp3) is 0.154. The summed E-state index contributed by atoms with van der Waals surface area (Å²) < 4.78 is 6.66. The van der Waals surface area contributed by atoms with E-state index in [0.717, 1.165) is 21.0 Å². The van der Waals surface area contributed by atoms with Crippen LogP contribution in [0.15, 0.2) is 52.1 Å². The van der Waals surface area contributed by atoms with Crippen molar-refractivity contribution in [3.8, 4) is 5.75 Å². The molecule has 94 valence electrons. The van der Waals surface area contributed by atoms with Gasteiger partial charge in [-0.15, -0.1) is 11.8 Å². The Morgan fingerprint density at radius 1 is 1.17 bits per heavy atom. The Morgan fingerprint density at radius 2 is 1.94 bits per heavy atom. The van der Waals surface area contributed by atoms with Crippen molar-refractivity contribution >= 4 is 39.3 Å². The second-order valence-corrected chi connectivity index (χ2v) is 5.93. The lowest BCUT2D eigenvalue weighted by atomic mass is 10.3. The van der Waals surface area contributed by atoms with Crippen LogP contribution < -0.4 is 4.74 Å². The quantitative estimate of drug-likeness (QED) is 0.581. The van der Waals surface area contributed by atoms with Crippen LogP contribution in [0.3, 0.4) is 0 Å². The zero-order chi connectivity index (χ0) is 12.8. The third kappa shape index (κ3) is 4.52. The summed E-state index contributed by atoms with van der Waals surface area (Å²) in [6.07, 6.45) is 1.65. The van der Waals surface area contributed by atoms with Gasteiger partial charge in [0.05, 0.1) is 16.7 Å². The van der Waals surface area contributed by atoms with Crippen LogP contribution in [0.25, 0.3) is 0 Å². The Hall–Kier alpha value is -0.710. The minimum Gasteiger partial charge on any atom is -0.493 e. The molecule has 2 aromatic rings.